The molecule has 0 aliphatic rings. The molecule has 0 aliphatic carbocycles. The van der Waals surface area contributed by atoms with E-state index in [9.17, 15) is 16.8 Å². The van der Waals surface area contributed by atoms with Crippen LogP contribution >= 0.6 is 0 Å². The van der Waals surface area contributed by atoms with Crippen LogP contribution in [-0.4, -0.2) is 23.1 Å². The third-order valence-electron chi connectivity index (χ3n) is 4.20. The lowest BCUT2D eigenvalue weighted by atomic mass is 10.1. The van der Waals surface area contributed by atoms with E-state index in [1.54, 1.807) is 48.5 Å². The standard InChI is InChI=1S/C18H21O4S2/c1-14-5-9-16(10-6-14)13-24(21,22)18(3,23(4,19)20)17-11-7-15(2)8-12-17/h5-13H,1-4H3. The zero-order valence-electron chi connectivity index (χ0n) is 14.1. The minimum Gasteiger partial charge on any atom is -0.227 e. The zero-order chi connectivity index (χ0) is 18.2. The SMILES string of the molecule is Cc1ccc([CH]S(=O)(=O)C(C)(c2ccc(C)cc2)S(C)(=O)=O)cc1. The minimum absolute atomic E-state index is 0.235. The maximum absolute atomic E-state index is 13.0. The summed E-state index contributed by atoms with van der Waals surface area (Å²) >= 11 is 0. The number of benzene rings is 2. The Hall–Kier alpha value is -1.66. The van der Waals surface area contributed by atoms with Crippen molar-refractivity contribution in [3.63, 3.8) is 0 Å². The molecule has 1 unspecified atom stereocenters. The Balaban J connectivity index is 2.58. The first-order valence-electron chi connectivity index (χ1n) is 7.40. The lowest BCUT2D eigenvalue weighted by Crippen LogP contribution is -2.40. The second-order valence-electron chi connectivity index (χ2n) is 6.16. The van der Waals surface area contributed by atoms with Crippen molar-refractivity contribution in [3.8, 4) is 0 Å². The van der Waals surface area contributed by atoms with Gasteiger partial charge in [-0.3, -0.25) is 0 Å². The fourth-order valence-corrected chi connectivity index (χ4v) is 5.98. The van der Waals surface area contributed by atoms with Gasteiger partial charge in [0.2, 0.25) is 0 Å². The molecule has 0 aliphatic heterocycles. The molecule has 4 nitrogen and oxygen atoms in total. The lowest BCUT2D eigenvalue weighted by molar-refractivity contribution is 0.559. The van der Waals surface area contributed by atoms with Gasteiger partial charge in [0.25, 0.3) is 0 Å². The number of sulfone groups is 2. The van der Waals surface area contributed by atoms with Crippen LogP contribution in [0.1, 0.15) is 29.2 Å². The molecule has 0 N–H and O–H groups in total. The lowest BCUT2D eigenvalue weighted by Gasteiger charge is -2.28. The largest absolute Gasteiger partial charge is 0.227 e. The van der Waals surface area contributed by atoms with Gasteiger partial charge in [0.15, 0.2) is 23.8 Å². The third-order valence-corrected chi connectivity index (χ3v) is 9.36. The maximum atomic E-state index is 13.0. The monoisotopic (exact) mass is 365 g/mol. The average molecular weight is 365 g/mol. The molecule has 1 radical (unpaired) electrons. The molecule has 0 bridgehead atoms. The number of aryl methyl sites for hydroxylation is 2. The molecule has 2 aromatic rings. The van der Waals surface area contributed by atoms with Crippen LogP contribution in [0.2, 0.25) is 0 Å². The summed E-state index contributed by atoms with van der Waals surface area (Å²) in [5.41, 5.74) is 2.60. The van der Waals surface area contributed by atoms with Crippen molar-refractivity contribution in [2.75, 3.05) is 6.26 Å². The van der Waals surface area contributed by atoms with Crippen LogP contribution in [0.15, 0.2) is 48.5 Å². The first kappa shape index (κ1) is 18.7. The molecule has 0 amide bonds. The van der Waals surface area contributed by atoms with Gasteiger partial charge in [0, 0.05) is 6.26 Å². The van der Waals surface area contributed by atoms with E-state index in [2.05, 4.69) is 0 Å². The molecule has 0 heterocycles. The summed E-state index contributed by atoms with van der Waals surface area (Å²) in [5, 5.41) is 0. The van der Waals surface area contributed by atoms with Crippen LogP contribution in [-0.2, 0) is 23.8 Å². The van der Waals surface area contributed by atoms with Crippen molar-refractivity contribution in [1.29, 1.82) is 0 Å². The molecule has 2 aromatic carbocycles. The summed E-state index contributed by atoms with van der Waals surface area (Å²) in [5.74, 6) is 1.04. The van der Waals surface area contributed by atoms with Crippen molar-refractivity contribution in [3.05, 3.63) is 76.5 Å². The highest BCUT2D eigenvalue weighted by Gasteiger charge is 2.50. The van der Waals surface area contributed by atoms with Gasteiger partial charge in [-0.1, -0.05) is 59.7 Å². The van der Waals surface area contributed by atoms with E-state index >= 15 is 0 Å². The molecule has 6 heteroatoms. The third kappa shape index (κ3) is 3.39. The van der Waals surface area contributed by atoms with E-state index in [1.807, 2.05) is 13.8 Å². The Morgan fingerprint density at radius 1 is 0.792 bits per heavy atom. The summed E-state index contributed by atoms with van der Waals surface area (Å²) in [6.45, 7) is 4.99. The predicted octanol–water partition coefficient (Wildman–Crippen LogP) is 3.15. The molecule has 0 spiro atoms. The van der Waals surface area contributed by atoms with Gasteiger partial charge in [-0.15, -0.1) is 0 Å². The zero-order valence-corrected chi connectivity index (χ0v) is 15.8. The highest BCUT2D eigenvalue weighted by atomic mass is 32.3. The van der Waals surface area contributed by atoms with E-state index in [-0.39, 0.29) is 5.56 Å². The fourth-order valence-electron chi connectivity index (χ4n) is 2.38. The van der Waals surface area contributed by atoms with Gasteiger partial charge in [-0.2, -0.15) is 0 Å². The Kier molecular flexibility index (Phi) is 4.93. The van der Waals surface area contributed by atoms with Gasteiger partial charge in [-0.25, -0.2) is 16.8 Å². The topological polar surface area (TPSA) is 68.3 Å². The first-order valence-corrected chi connectivity index (χ1v) is 10.8. The van der Waals surface area contributed by atoms with Crippen LogP contribution in [0, 0.1) is 19.6 Å². The molecule has 1 atom stereocenters. The number of hydrogen-bond donors (Lipinski definition) is 0. The molecule has 0 saturated carbocycles. The van der Waals surface area contributed by atoms with Crippen LogP contribution in [0.5, 0.6) is 0 Å². The minimum atomic E-state index is -4.12. The molecular weight excluding hydrogens is 344 g/mol. The Morgan fingerprint density at radius 2 is 1.21 bits per heavy atom. The summed E-state index contributed by atoms with van der Waals surface area (Å²) in [4.78, 5) is 0. The summed E-state index contributed by atoms with van der Waals surface area (Å²) in [7, 11) is -8.06. The van der Waals surface area contributed by atoms with Crippen LogP contribution in [0.25, 0.3) is 0 Å². The normalized spacial score (nSPS) is 15.0. The van der Waals surface area contributed by atoms with E-state index < -0.39 is 23.8 Å². The smallest absolute Gasteiger partial charge is 0.195 e. The molecular formula is C18H21O4S2. The van der Waals surface area contributed by atoms with Crippen molar-refractivity contribution in [2.24, 2.45) is 0 Å². The second-order valence-corrected chi connectivity index (χ2v) is 10.9. The molecule has 129 valence electrons. The second kappa shape index (κ2) is 6.33. The number of rotatable bonds is 5. The Labute approximate surface area is 144 Å². The summed E-state index contributed by atoms with van der Waals surface area (Å²) < 4.78 is 48.8. The maximum Gasteiger partial charge on any atom is 0.195 e. The van der Waals surface area contributed by atoms with E-state index in [0.717, 1.165) is 23.1 Å². The molecule has 0 aromatic heterocycles. The Bertz CT molecular complexity index is 926. The van der Waals surface area contributed by atoms with Gasteiger partial charge >= 0.3 is 0 Å². The van der Waals surface area contributed by atoms with Crippen LogP contribution in [0.4, 0.5) is 0 Å². The average Bonchev–Trinajstić information content (AvgIpc) is 2.48. The first-order chi connectivity index (χ1) is 11.0. The van der Waals surface area contributed by atoms with Gasteiger partial charge in [0.1, 0.15) is 5.75 Å². The number of hydrogen-bond acceptors (Lipinski definition) is 4. The highest BCUT2D eigenvalue weighted by Crippen LogP contribution is 2.38. The van der Waals surface area contributed by atoms with Crippen molar-refractivity contribution in [2.45, 2.75) is 24.9 Å². The van der Waals surface area contributed by atoms with Gasteiger partial charge < -0.3 is 0 Å². The summed E-state index contributed by atoms with van der Waals surface area (Å²) in [6, 6.07) is 13.4. The van der Waals surface area contributed by atoms with Gasteiger partial charge in [0.05, 0.1) is 0 Å². The van der Waals surface area contributed by atoms with Crippen molar-refractivity contribution in [1.82, 2.24) is 0 Å². The van der Waals surface area contributed by atoms with Crippen LogP contribution < -0.4 is 0 Å². The molecule has 24 heavy (non-hydrogen) atoms. The van der Waals surface area contributed by atoms with E-state index in [4.69, 9.17) is 0 Å². The predicted molar refractivity (Wildman–Crippen MR) is 96.9 cm³/mol. The summed E-state index contributed by atoms with van der Waals surface area (Å²) in [6.07, 6.45) is 0.952. The molecule has 0 fully saturated rings. The van der Waals surface area contributed by atoms with Gasteiger partial charge in [-0.05, 0) is 31.9 Å². The van der Waals surface area contributed by atoms with Crippen molar-refractivity contribution < 1.29 is 16.8 Å². The van der Waals surface area contributed by atoms with Crippen molar-refractivity contribution >= 4 is 19.7 Å². The van der Waals surface area contributed by atoms with Crippen LogP contribution in [0.3, 0.4) is 0 Å². The fraction of sp³-hybridized carbons (Fsp3) is 0.278. The highest BCUT2D eigenvalue weighted by molar-refractivity contribution is 8.10. The Morgan fingerprint density at radius 3 is 1.62 bits per heavy atom. The van der Waals surface area contributed by atoms with E-state index in [0.29, 0.717) is 5.56 Å². The molecule has 2 rings (SSSR count). The quantitative estimate of drug-likeness (QED) is 0.816. The molecule has 0 saturated heterocycles. The van der Waals surface area contributed by atoms with E-state index in [1.165, 1.54) is 6.92 Å².